The molecular formula is C19H23N3O3. The summed E-state index contributed by atoms with van der Waals surface area (Å²) in [5.41, 5.74) is 2.00. The molecule has 3 rings (SSSR count). The van der Waals surface area contributed by atoms with Crippen LogP contribution in [0.4, 0.5) is 0 Å². The highest BCUT2D eigenvalue weighted by molar-refractivity contribution is 5.76. The van der Waals surface area contributed by atoms with Crippen LogP contribution in [0.25, 0.3) is 0 Å². The van der Waals surface area contributed by atoms with Crippen LogP contribution >= 0.6 is 0 Å². The lowest BCUT2D eigenvalue weighted by Crippen LogP contribution is -2.46. The third-order valence-corrected chi connectivity index (χ3v) is 4.30. The monoisotopic (exact) mass is 341 g/mol. The van der Waals surface area contributed by atoms with Crippen molar-refractivity contribution in [1.29, 1.82) is 0 Å². The number of benzene rings is 1. The largest absolute Gasteiger partial charge is 0.497 e. The van der Waals surface area contributed by atoms with Crippen LogP contribution in [0, 0.1) is 0 Å². The van der Waals surface area contributed by atoms with Gasteiger partial charge in [-0.1, -0.05) is 12.1 Å². The molecule has 0 unspecified atom stereocenters. The predicted molar refractivity (Wildman–Crippen MR) is 93.4 cm³/mol. The molecule has 2 heterocycles. The summed E-state index contributed by atoms with van der Waals surface area (Å²) in [5, 5.41) is 0. The summed E-state index contributed by atoms with van der Waals surface area (Å²) < 4.78 is 11.1. The molecule has 2 aromatic rings. The predicted octanol–water partition coefficient (Wildman–Crippen LogP) is 1.89. The highest BCUT2D eigenvalue weighted by Crippen LogP contribution is 2.17. The van der Waals surface area contributed by atoms with Gasteiger partial charge in [0.1, 0.15) is 5.75 Å². The SMILES string of the molecule is COc1cccc(C[C@H]2CN(C(=O)CCc3cnccn3)CCO2)c1. The molecule has 1 aromatic heterocycles. The average molecular weight is 341 g/mol. The molecule has 1 aliphatic rings. The highest BCUT2D eigenvalue weighted by Gasteiger charge is 2.24. The van der Waals surface area contributed by atoms with Gasteiger partial charge >= 0.3 is 0 Å². The maximum absolute atomic E-state index is 12.5. The lowest BCUT2D eigenvalue weighted by Gasteiger charge is -2.33. The van der Waals surface area contributed by atoms with E-state index in [9.17, 15) is 4.79 Å². The smallest absolute Gasteiger partial charge is 0.223 e. The van der Waals surface area contributed by atoms with Gasteiger partial charge in [0.05, 0.1) is 25.5 Å². The number of hydrogen-bond donors (Lipinski definition) is 0. The summed E-state index contributed by atoms with van der Waals surface area (Å²) in [5.74, 6) is 0.981. The Morgan fingerprint density at radius 3 is 3.12 bits per heavy atom. The van der Waals surface area contributed by atoms with E-state index >= 15 is 0 Å². The summed E-state index contributed by atoms with van der Waals surface area (Å²) in [6.07, 6.45) is 6.84. The van der Waals surface area contributed by atoms with Gasteiger partial charge in [-0.15, -0.1) is 0 Å². The van der Waals surface area contributed by atoms with Gasteiger partial charge in [0.15, 0.2) is 0 Å². The molecule has 25 heavy (non-hydrogen) atoms. The van der Waals surface area contributed by atoms with Crippen LogP contribution in [-0.4, -0.2) is 53.7 Å². The Bertz CT molecular complexity index is 693. The molecule has 1 aromatic carbocycles. The second-order valence-electron chi connectivity index (χ2n) is 6.08. The average Bonchev–Trinajstić information content (AvgIpc) is 2.67. The van der Waals surface area contributed by atoms with Gasteiger partial charge < -0.3 is 14.4 Å². The zero-order chi connectivity index (χ0) is 17.5. The Morgan fingerprint density at radius 1 is 1.40 bits per heavy atom. The molecule has 0 N–H and O–H groups in total. The standard InChI is InChI=1S/C19H23N3O3/c1-24-17-4-2-3-15(11-17)12-18-14-22(9-10-25-18)19(23)6-5-16-13-20-7-8-21-16/h2-4,7-8,11,13,18H,5-6,9-10,12,14H2,1H3/t18-/m0/s1. The molecule has 6 heteroatoms. The van der Waals surface area contributed by atoms with Crippen molar-refractivity contribution in [1.82, 2.24) is 14.9 Å². The van der Waals surface area contributed by atoms with E-state index in [0.29, 0.717) is 32.5 Å². The van der Waals surface area contributed by atoms with E-state index in [1.165, 1.54) is 0 Å². The maximum Gasteiger partial charge on any atom is 0.223 e. The van der Waals surface area contributed by atoms with Crippen LogP contribution in [0.2, 0.25) is 0 Å². The summed E-state index contributed by atoms with van der Waals surface area (Å²) in [7, 11) is 1.66. The molecule has 0 bridgehead atoms. The number of ether oxygens (including phenoxy) is 2. The number of carbonyl (C=O) groups excluding carboxylic acids is 1. The topological polar surface area (TPSA) is 64.5 Å². The Kier molecular flexibility index (Phi) is 5.95. The van der Waals surface area contributed by atoms with E-state index in [2.05, 4.69) is 16.0 Å². The zero-order valence-electron chi connectivity index (χ0n) is 14.4. The fourth-order valence-corrected chi connectivity index (χ4v) is 2.98. The third kappa shape index (κ3) is 5.00. The summed E-state index contributed by atoms with van der Waals surface area (Å²) in [4.78, 5) is 22.6. The van der Waals surface area contributed by atoms with Crippen LogP contribution in [0.5, 0.6) is 5.75 Å². The van der Waals surface area contributed by atoms with Crippen molar-refractivity contribution < 1.29 is 14.3 Å². The first kappa shape index (κ1) is 17.4. The molecule has 6 nitrogen and oxygen atoms in total. The number of morpholine rings is 1. The number of hydrogen-bond acceptors (Lipinski definition) is 5. The van der Waals surface area contributed by atoms with Gasteiger partial charge in [0.25, 0.3) is 0 Å². The maximum atomic E-state index is 12.5. The van der Waals surface area contributed by atoms with E-state index < -0.39 is 0 Å². The Balaban J connectivity index is 1.52. The van der Waals surface area contributed by atoms with Gasteiger partial charge in [-0.05, 0) is 24.1 Å². The molecule has 1 atom stereocenters. The molecule has 0 radical (unpaired) electrons. The van der Waals surface area contributed by atoms with Crippen molar-refractivity contribution in [2.45, 2.75) is 25.4 Å². The molecule has 0 saturated carbocycles. The van der Waals surface area contributed by atoms with Crippen molar-refractivity contribution in [2.75, 3.05) is 26.8 Å². The van der Waals surface area contributed by atoms with Crippen LogP contribution in [0.15, 0.2) is 42.9 Å². The Labute approximate surface area is 147 Å². The molecule has 1 fully saturated rings. The second kappa shape index (κ2) is 8.58. The van der Waals surface area contributed by atoms with E-state index in [-0.39, 0.29) is 12.0 Å². The Morgan fingerprint density at radius 2 is 2.32 bits per heavy atom. The van der Waals surface area contributed by atoms with Gasteiger partial charge in [-0.2, -0.15) is 0 Å². The summed E-state index contributed by atoms with van der Waals surface area (Å²) in [6, 6.07) is 7.97. The van der Waals surface area contributed by atoms with Crippen LogP contribution in [0.1, 0.15) is 17.7 Å². The van der Waals surface area contributed by atoms with Gasteiger partial charge in [0.2, 0.25) is 5.91 Å². The van der Waals surface area contributed by atoms with Crippen molar-refractivity contribution in [3.63, 3.8) is 0 Å². The van der Waals surface area contributed by atoms with Crippen molar-refractivity contribution in [2.24, 2.45) is 0 Å². The number of carbonyl (C=O) groups is 1. The number of nitrogens with zero attached hydrogens (tertiary/aromatic N) is 3. The lowest BCUT2D eigenvalue weighted by molar-refractivity contribution is -0.138. The first-order valence-corrected chi connectivity index (χ1v) is 8.52. The van der Waals surface area contributed by atoms with Crippen molar-refractivity contribution in [3.05, 3.63) is 54.1 Å². The summed E-state index contributed by atoms with van der Waals surface area (Å²) >= 11 is 0. The molecule has 1 aliphatic heterocycles. The molecular weight excluding hydrogens is 318 g/mol. The van der Waals surface area contributed by atoms with Gasteiger partial charge in [-0.25, -0.2) is 0 Å². The zero-order valence-corrected chi connectivity index (χ0v) is 14.4. The molecule has 0 spiro atoms. The minimum Gasteiger partial charge on any atom is -0.497 e. The molecule has 1 saturated heterocycles. The van der Waals surface area contributed by atoms with Crippen molar-refractivity contribution in [3.8, 4) is 5.75 Å². The fraction of sp³-hybridized carbons (Fsp3) is 0.421. The first-order valence-electron chi connectivity index (χ1n) is 8.52. The van der Waals surface area contributed by atoms with Crippen LogP contribution in [0.3, 0.4) is 0 Å². The number of aromatic nitrogens is 2. The minimum absolute atomic E-state index is 0.0151. The van der Waals surface area contributed by atoms with Gasteiger partial charge in [0, 0.05) is 44.5 Å². The van der Waals surface area contributed by atoms with Crippen LogP contribution in [-0.2, 0) is 22.4 Å². The van der Waals surface area contributed by atoms with E-state index in [1.807, 2.05) is 23.1 Å². The second-order valence-corrected chi connectivity index (χ2v) is 6.08. The normalized spacial score (nSPS) is 17.3. The highest BCUT2D eigenvalue weighted by atomic mass is 16.5. The Hall–Kier alpha value is -2.47. The van der Waals surface area contributed by atoms with Gasteiger partial charge in [-0.3, -0.25) is 14.8 Å². The first-order chi connectivity index (χ1) is 12.2. The van der Waals surface area contributed by atoms with Crippen LogP contribution < -0.4 is 4.74 Å². The van der Waals surface area contributed by atoms with E-state index in [0.717, 1.165) is 23.4 Å². The lowest BCUT2D eigenvalue weighted by atomic mass is 10.1. The van der Waals surface area contributed by atoms with E-state index in [1.54, 1.807) is 25.7 Å². The molecule has 0 aliphatic carbocycles. The van der Waals surface area contributed by atoms with E-state index in [4.69, 9.17) is 9.47 Å². The number of methoxy groups -OCH3 is 1. The number of aryl methyl sites for hydroxylation is 1. The van der Waals surface area contributed by atoms with Crippen molar-refractivity contribution >= 4 is 5.91 Å². The third-order valence-electron chi connectivity index (χ3n) is 4.30. The quantitative estimate of drug-likeness (QED) is 0.803. The molecule has 132 valence electrons. The number of amides is 1. The fourth-order valence-electron chi connectivity index (χ4n) is 2.98. The minimum atomic E-state index is 0.0151. The number of rotatable bonds is 6. The molecule has 1 amide bonds. The summed E-state index contributed by atoms with van der Waals surface area (Å²) in [6.45, 7) is 1.84.